The lowest BCUT2D eigenvalue weighted by molar-refractivity contribution is -0.125. The summed E-state index contributed by atoms with van der Waals surface area (Å²) in [5, 5.41) is 5.31. The van der Waals surface area contributed by atoms with E-state index in [1.54, 1.807) is 6.07 Å². The summed E-state index contributed by atoms with van der Waals surface area (Å²) in [6, 6.07) is 22.8. The fourth-order valence-corrected chi connectivity index (χ4v) is 2.94. The molecule has 0 heterocycles. The summed E-state index contributed by atoms with van der Waals surface area (Å²) in [6.45, 7) is 1.56. The third-order valence-corrected chi connectivity index (χ3v) is 4.41. The van der Waals surface area contributed by atoms with E-state index in [0.29, 0.717) is 17.2 Å². The third-order valence-electron chi connectivity index (χ3n) is 4.41. The molecule has 0 aromatic heterocycles. The Balaban J connectivity index is 1.53. The zero-order chi connectivity index (χ0) is 21.3. The molecule has 3 aromatic rings. The molecule has 0 spiro atoms. The van der Waals surface area contributed by atoms with Gasteiger partial charge >= 0.3 is 0 Å². The second-order valence-corrected chi connectivity index (χ2v) is 6.68. The molecule has 0 atom stereocenters. The molecule has 0 unspecified atom stereocenters. The van der Waals surface area contributed by atoms with Gasteiger partial charge in [0.15, 0.2) is 6.61 Å². The van der Waals surface area contributed by atoms with Crippen LogP contribution in [0.15, 0.2) is 72.8 Å². The number of carbonyl (C=O) groups is 2. The zero-order valence-electron chi connectivity index (χ0n) is 17.0. The number of amides is 2. The number of rotatable bonds is 8. The van der Waals surface area contributed by atoms with Gasteiger partial charge in [-0.05, 0) is 36.2 Å². The van der Waals surface area contributed by atoms with E-state index in [0.717, 1.165) is 16.7 Å². The molecule has 0 radical (unpaired) electrons. The number of hydrogen-bond donors (Lipinski definition) is 2. The molecular weight excluding hydrogens is 380 g/mol. The molecule has 0 saturated carbocycles. The number of ether oxygens (including phenoxy) is 2. The van der Waals surface area contributed by atoms with Gasteiger partial charge in [-0.1, -0.05) is 54.6 Å². The maximum Gasteiger partial charge on any atom is 0.258 e. The lowest BCUT2D eigenvalue weighted by atomic mass is 10.1. The van der Waals surface area contributed by atoms with Crippen LogP contribution >= 0.6 is 0 Å². The minimum atomic E-state index is -0.385. The van der Waals surface area contributed by atoms with Crippen molar-refractivity contribution in [2.75, 3.05) is 25.6 Å². The van der Waals surface area contributed by atoms with E-state index >= 15 is 0 Å². The Morgan fingerprint density at radius 2 is 1.60 bits per heavy atom. The number of benzene rings is 3. The van der Waals surface area contributed by atoms with Crippen LogP contribution in [-0.4, -0.2) is 32.1 Å². The van der Waals surface area contributed by atoms with E-state index in [9.17, 15) is 9.59 Å². The quantitative estimate of drug-likeness (QED) is 0.599. The minimum Gasteiger partial charge on any atom is -0.495 e. The maximum absolute atomic E-state index is 12.2. The largest absolute Gasteiger partial charge is 0.495 e. The molecule has 30 heavy (non-hydrogen) atoms. The van der Waals surface area contributed by atoms with Crippen molar-refractivity contribution in [2.45, 2.75) is 6.92 Å². The van der Waals surface area contributed by atoms with Gasteiger partial charge in [-0.2, -0.15) is 0 Å². The number of anilines is 1. The van der Waals surface area contributed by atoms with Gasteiger partial charge in [-0.15, -0.1) is 0 Å². The Labute approximate surface area is 175 Å². The lowest BCUT2D eigenvalue weighted by Gasteiger charge is -2.13. The van der Waals surface area contributed by atoms with Gasteiger partial charge in [0.05, 0.1) is 19.3 Å². The lowest BCUT2D eigenvalue weighted by Crippen LogP contribution is -2.35. The van der Waals surface area contributed by atoms with Crippen molar-refractivity contribution in [3.8, 4) is 22.6 Å². The smallest absolute Gasteiger partial charge is 0.258 e. The summed E-state index contributed by atoms with van der Waals surface area (Å²) in [5.41, 5.74) is 3.44. The van der Waals surface area contributed by atoms with Crippen LogP contribution in [0.25, 0.3) is 11.1 Å². The summed E-state index contributed by atoms with van der Waals surface area (Å²) in [7, 11) is 1.53. The Bertz CT molecular complexity index is 1020. The van der Waals surface area contributed by atoms with Crippen molar-refractivity contribution >= 4 is 17.5 Å². The Hall–Kier alpha value is -3.80. The van der Waals surface area contributed by atoms with Gasteiger partial charge in [0.25, 0.3) is 5.91 Å². The van der Waals surface area contributed by atoms with Crippen molar-refractivity contribution in [3.05, 3.63) is 78.4 Å². The summed E-state index contributed by atoms with van der Waals surface area (Å²) in [5.74, 6) is 0.426. The molecule has 0 bridgehead atoms. The topological polar surface area (TPSA) is 76.7 Å². The third kappa shape index (κ3) is 5.61. The van der Waals surface area contributed by atoms with Crippen LogP contribution in [0.5, 0.6) is 11.5 Å². The summed E-state index contributed by atoms with van der Waals surface area (Å²) >= 11 is 0. The van der Waals surface area contributed by atoms with E-state index in [2.05, 4.69) is 10.6 Å². The maximum atomic E-state index is 12.2. The zero-order valence-corrected chi connectivity index (χ0v) is 17.0. The number of hydrogen-bond acceptors (Lipinski definition) is 4. The van der Waals surface area contributed by atoms with Crippen LogP contribution in [0.3, 0.4) is 0 Å². The predicted molar refractivity (Wildman–Crippen MR) is 117 cm³/mol. The number of methoxy groups -OCH3 is 1. The highest BCUT2D eigenvalue weighted by molar-refractivity contribution is 5.96. The van der Waals surface area contributed by atoms with Crippen LogP contribution < -0.4 is 20.1 Å². The van der Waals surface area contributed by atoms with Crippen molar-refractivity contribution < 1.29 is 19.1 Å². The number of para-hydroxylation sites is 1. The van der Waals surface area contributed by atoms with Crippen molar-refractivity contribution in [2.24, 2.45) is 0 Å². The van der Waals surface area contributed by atoms with Gasteiger partial charge in [0.2, 0.25) is 5.91 Å². The molecular formula is C24H24N2O4. The number of carbonyl (C=O) groups excluding carboxylic acids is 2. The molecule has 3 rings (SSSR count). The minimum absolute atomic E-state index is 0.167. The summed E-state index contributed by atoms with van der Waals surface area (Å²) in [6.07, 6.45) is 0. The first-order valence-corrected chi connectivity index (χ1v) is 9.55. The van der Waals surface area contributed by atoms with E-state index < -0.39 is 0 Å². The molecule has 0 saturated heterocycles. The molecule has 6 heteroatoms. The molecule has 0 aliphatic heterocycles. The molecule has 2 N–H and O–H groups in total. The SMILES string of the molecule is COc1ccc(C)cc1NC(=O)CNC(=O)COc1ccccc1-c1ccccc1. The first-order chi connectivity index (χ1) is 14.6. The molecule has 2 amide bonds. The molecule has 6 nitrogen and oxygen atoms in total. The van der Waals surface area contributed by atoms with Gasteiger partial charge in [0.1, 0.15) is 11.5 Å². The van der Waals surface area contributed by atoms with Crippen molar-refractivity contribution in [3.63, 3.8) is 0 Å². The highest BCUT2D eigenvalue weighted by Gasteiger charge is 2.11. The first kappa shape index (κ1) is 20.9. The van der Waals surface area contributed by atoms with Crippen LogP contribution in [-0.2, 0) is 9.59 Å². The Morgan fingerprint density at radius 3 is 2.37 bits per heavy atom. The van der Waals surface area contributed by atoms with Gasteiger partial charge in [-0.3, -0.25) is 9.59 Å². The van der Waals surface area contributed by atoms with E-state index in [1.165, 1.54) is 7.11 Å². The van der Waals surface area contributed by atoms with Gasteiger partial charge in [-0.25, -0.2) is 0 Å². The molecule has 0 fully saturated rings. The van der Waals surface area contributed by atoms with Crippen molar-refractivity contribution in [1.82, 2.24) is 5.32 Å². The monoisotopic (exact) mass is 404 g/mol. The normalized spacial score (nSPS) is 10.2. The standard InChI is InChI=1S/C24H24N2O4/c1-17-12-13-22(29-2)20(14-17)26-23(27)15-25-24(28)16-30-21-11-7-6-10-19(21)18-8-4-3-5-9-18/h3-14H,15-16H2,1-2H3,(H,25,28)(H,26,27). The second kappa shape index (κ2) is 10.1. The highest BCUT2D eigenvalue weighted by atomic mass is 16.5. The van der Waals surface area contributed by atoms with Crippen LogP contribution in [0.1, 0.15) is 5.56 Å². The van der Waals surface area contributed by atoms with Gasteiger partial charge < -0.3 is 20.1 Å². The molecule has 0 aliphatic carbocycles. The molecule has 0 aliphatic rings. The fraction of sp³-hybridized carbons (Fsp3) is 0.167. The first-order valence-electron chi connectivity index (χ1n) is 9.55. The van der Waals surface area contributed by atoms with E-state index in [1.807, 2.05) is 73.7 Å². The highest BCUT2D eigenvalue weighted by Crippen LogP contribution is 2.29. The van der Waals surface area contributed by atoms with Crippen LogP contribution in [0.2, 0.25) is 0 Å². The average molecular weight is 404 g/mol. The number of aryl methyl sites for hydroxylation is 1. The molecule has 3 aromatic carbocycles. The molecule has 154 valence electrons. The van der Waals surface area contributed by atoms with Crippen LogP contribution in [0, 0.1) is 6.92 Å². The Morgan fingerprint density at radius 1 is 0.867 bits per heavy atom. The van der Waals surface area contributed by atoms with Crippen LogP contribution in [0.4, 0.5) is 5.69 Å². The fourth-order valence-electron chi connectivity index (χ4n) is 2.94. The van der Waals surface area contributed by atoms with E-state index in [4.69, 9.17) is 9.47 Å². The van der Waals surface area contributed by atoms with Crippen molar-refractivity contribution in [1.29, 1.82) is 0 Å². The van der Waals surface area contributed by atoms with E-state index in [-0.39, 0.29) is 25.0 Å². The predicted octanol–water partition coefficient (Wildman–Crippen LogP) is 3.80. The summed E-state index contributed by atoms with van der Waals surface area (Å²) < 4.78 is 10.9. The number of nitrogens with one attached hydrogen (secondary N) is 2. The Kier molecular flexibility index (Phi) is 7.05. The average Bonchev–Trinajstić information content (AvgIpc) is 2.77. The summed E-state index contributed by atoms with van der Waals surface area (Å²) in [4.78, 5) is 24.3. The van der Waals surface area contributed by atoms with Gasteiger partial charge in [0, 0.05) is 5.56 Å². The second-order valence-electron chi connectivity index (χ2n) is 6.68.